The molecule has 3 N–H and O–H groups in total. The maximum absolute atomic E-state index is 11.8. The van der Waals surface area contributed by atoms with Crippen molar-refractivity contribution in [3.8, 4) is 0 Å². The van der Waals surface area contributed by atoms with E-state index in [1.54, 1.807) is 7.05 Å². The number of guanidine groups is 1. The number of hydrogen-bond acceptors (Lipinski definition) is 4. The first kappa shape index (κ1) is 22.7. The van der Waals surface area contributed by atoms with Crippen molar-refractivity contribution in [2.24, 2.45) is 10.4 Å². The summed E-state index contributed by atoms with van der Waals surface area (Å²) in [6.45, 7) is 11.5. The van der Waals surface area contributed by atoms with Crippen molar-refractivity contribution in [2.45, 2.75) is 47.1 Å². The molecule has 0 unspecified atom stereocenters. The predicted octanol–water partition coefficient (Wildman–Crippen LogP) is 2.24. The fraction of sp³-hybridized carbons (Fsp3) is 0.688. The van der Waals surface area contributed by atoms with Crippen LogP contribution in [0.4, 0.5) is 0 Å². The van der Waals surface area contributed by atoms with E-state index in [1.165, 1.54) is 0 Å². The van der Waals surface area contributed by atoms with E-state index >= 15 is 0 Å². The number of amides is 1. The van der Waals surface area contributed by atoms with Gasteiger partial charge in [0.25, 0.3) is 0 Å². The Bertz CT molecular complexity index is 540. The van der Waals surface area contributed by atoms with E-state index in [1.807, 2.05) is 26.8 Å². The Hall–Kier alpha value is -1.32. The Morgan fingerprint density at radius 1 is 1.38 bits per heavy atom. The molecule has 8 heteroatoms. The molecule has 1 rings (SSSR count). The van der Waals surface area contributed by atoms with Crippen molar-refractivity contribution < 1.29 is 9.32 Å². The Kier molecular flexibility index (Phi) is 9.95. The standard InChI is InChI=1S/C16H29N5O2.HI/c1-7-18-15(20-10-16(4,5)14(22)17-6)19-9-12-8-13(11(2)3)21-23-12;/h8,11H,7,9-10H2,1-6H3,(H,17,22)(H2,18,19,20);1H. The van der Waals surface area contributed by atoms with Crippen molar-refractivity contribution in [3.05, 3.63) is 17.5 Å². The van der Waals surface area contributed by atoms with Crippen LogP contribution in [0.5, 0.6) is 0 Å². The van der Waals surface area contributed by atoms with Gasteiger partial charge in [-0.1, -0.05) is 19.0 Å². The summed E-state index contributed by atoms with van der Waals surface area (Å²) in [5.41, 5.74) is 0.399. The summed E-state index contributed by atoms with van der Waals surface area (Å²) < 4.78 is 5.28. The second-order valence-electron chi connectivity index (χ2n) is 6.38. The molecule has 0 aliphatic carbocycles. The molecule has 0 fully saturated rings. The number of nitrogens with zero attached hydrogens (tertiary/aromatic N) is 2. The van der Waals surface area contributed by atoms with Gasteiger partial charge in [-0.25, -0.2) is 4.99 Å². The SMILES string of the molecule is CCNC(=NCc1cc(C(C)C)no1)NCC(C)(C)C(=O)NC.I. The fourth-order valence-corrected chi connectivity index (χ4v) is 1.90. The third-order valence-corrected chi connectivity index (χ3v) is 3.45. The van der Waals surface area contributed by atoms with Gasteiger partial charge in [0.15, 0.2) is 11.7 Å². The topological polar surface area (TPSA) is 91.6 Å². The lowest BCUT2D eigenvalue weighted by atomic mass is 9.92. The number of halogens is 1. The molecule has 0 saturated heterocycles. The highest BCUT2D eigenvalue weighted by Gasteiger charge is 2.26. The second-order valence-corrected chi connectivity index (χ2v) is 6.38. The summed E-state index contributed by atoms with van der Waals surface area (Å²) in [7, 11) is 1.64. The van der Waals surface area contributed by atoms with E-state index < -0.39 is 5.41 Å². The van der Waals surface area contributed by atoms with E-state index in [0.717, 1.165) is 18.0 Å². The highest BCUT2D eigenvalue weighted by Crippen LogP contribution is 2.15. The van der Waals surface area contributed by atoms with Crippen LogP contribution in [-0.4, -0.2) is 37.2 Å². The van der Waals surface area contributed by atoms with Crippen LogP contribution >= 0.6 is 24.0 Å². The van der Waals surface area contributed by atoms with Crippen LogP contribution in [0.1, 0.15) is 52.0 Å². The molecule has 0 radical (unpaired) electrons. The summed E-state index contributed by atoms with van der Waals surface area (Å²) in [6, 6.07) is 1.92. The van der Waals surface area contributed by atoms with Crippen LogP contribution in [0.25, 0.3) is 0 Å². The molecule has 0 spiro atoms. The lowest BCUT2D eigenvalue weighted by molar-refractivity contribution is -0.128. The van der Waals surface area contributed by atoms with E-state index in [2.05, 4.69) is 39.9 Å². The molecule has 24 heavy (non-hydrogen) atoms. The fourth-order valence-electron chi connectivity index (χ4n) is 1.90. The lowest BCUT2D eigenvalue weighted by Crippen LogP contribution is -2.47. The molecule has 138 valence electrons. The van der Waals surface area contributed by atoms with Gasteiger partial charge in [0.2, 0.25) is 5.91 Å². The van der Waals surface area contributed by atoms with Crippen LogP contribution in [0, 0.1) is 5.41 Å². The first-order valence-electron chi connectivity index (χ1n) is 8.00. The minimum absolute atomic E-state index is 0. The third-order valence-electron chi connectivity index (χ3n) is 3.45. The van der Waals surface area contributed by atoms with Gasteiger partial charge in [0, 0.05) is 26.2 Å². The lowest BCUT2D eigenvalue weighted by Gasteiger charge is -2.24. The summed E-state index contributed by atoms with van der Waals surface area (Å²) in [6.07, 6.45) is 0. The molecule has 0 atom stereocenters. The maximum Gasteiger partial charge on any atom is 0.227 e. The molecule has 0 aliphatic rings. The predicted molar refractivity (Wildman–Crippen MR) is 107 cm³/mol. The van der Waals surface area contributed by atoms with E-state index in [9.17, 15) is 4.79 Å². The third kappa shape index (κ3) is 7.06. The number of aromatic nitrogens is 1. The normalized spacial score (nSPS) is 11.9. The molecule has 1 heterocycles. The summed E-state index contributed by atoms with van der Waals surface area (Å²) >= 11 is 0. The van der Waals surface area contributed by atoms with Gasteiger partial charge in [-0.2, -0.15) is 0 Å². The maximum atomic E-state index is 11.8. The Balaban J connectivity index is 0.00000529. The number of carbonyl (C=O) groups is 1. The van der Waals surface area contributed by atoms with Gasteiger partial charge < -0.3 is 20.5 Å². The average Bonchev–Trinajstić information content (AvgIpc) is 2.98. The molecule has 1 amide bonds. The highest BCUT2D eigenvalue weighted by molar-refractivity contribution is 14.0. The van der Waals surface area contributed by atoms with Gasteiger partial charge in [-0.3, -0.25) is 4.79 Å². The zero-order valence-corrected chi connectivity index (χ0v) is 17.7. The van der Waals surface area contributed by atoms with E-state index in [4.69, 9.17) is 4.52 Å². The van der Waals surface area contributed by atoms with Gasteiger partial charge in [-0.15, -0.1) is 24.0 Å². The zero-order valence-electron chi connectivity index (χ0n) is 15.4. The summed E-state index contributed by atoms with van der Waals surface area (Å²) in [4.78, 5) is 16.3. The number of nitrogens with one attached hydrogen (secondary N) is 3. The number of rotatable bonds is 7. The molecule has 7 nitrogen and oxygen atoms in total. The Labute approximate surface area is 161 Å². The first-order valence-corrected chi connectivity index (χ1v) is 8.00. The minimum atomic E-state index is -0.526. The molecule has 1 aromatic rings. The highest BCUT2D eigenvalue weighted by atomic mass is 127. The molecule has 1 aromatic heterocycles. The van der Waals surface area contributed by atoms with Crippen molar-refractivity contribution in [3.63, 3.8) is 0 Å². The van der Waals surface area contributed by atoms with Crippen LogP contribution in [0.2, 0.25) is 0 Å². The van der Waals surface area contributed by atoms with Crippen LogP contribution in [-0.2, 0) is 11.3 Å². The number of aliphatic imine (C=N–C) groups is 1. The van der Waals surface area contributed by atoms with Gasteiger partial charge in [-0.05, 0) is 26.7 Å². The molecule has 0 aromatic carbocycles. The molecule has 0 bridgehead atoms. The van der Waals surface area contributed by atoms with Gasteiger partial charge >= 0.3 is 0 Å². The van der Waals surface area contributed by atoms with Crippen LogP contribution in [0.15, 0.2) is 15.6 Å². The molecular formula is C16H30IN5O2. The molecule has 0 aliphatic heterocycles. The van der Waals surface area contributed by atoms with Crippen molar-refractivity contribution in [1.82, 2.24) is 21.1 Å². The van der Waals surface area contributed by atoms with E-state index in [-0.39, 0.29) is 29.9 Å². The van der Waals surface area contributed by atoms with Crippen molar-refractivity contribution in [2.75, 3.05) is 20.1 Å². The quantitative estimate of drug-likeness (QED) is 0.336. The second kappa shape index (κ2) is 10.5. The van der Waals surface area contributed by atoms with E-state index in [0.29, 0.717) is 25.0 Å². The Morgan fingerprint density at radius 2 is 2.04 bits per heavy atom. The summed E-state index contributed by atoms with van der Waals surface area (Å²) in [5.74, 6) is 1.68. The smallest absolute Gasteiger partial charge is 0.227 e. The monoisotopic (exact) mass is 451 g/mol. The van der Waals surface area contributed by atoms with Gasteiger partial charge in [0.05, 0.1) is 11.1 Å². The Morgan fingerprint density at radius 3 is 2.54 bits per heavy atom. The molecule has 0 saturated carbocycles. The minimum Gasteiger partial charge on any atom is -0.359 e. The average molecular weight is 451 g/mol. The van der Waals surface area contributed by atoms with Crippen LogP contribution in [0.3, 0.4) is 0 Å². The van der Waals surface area contributed by atoms with Crippen LogP contribution < -0.4 is 16.0 Å². The van der Waals surface area contributed by atoms with Gasteiger partial charge in [0.1, 0.15) is 6.54 Å². The van der Waals surface area contributed by atoms with Crippen molar-refractivity contribution >= 4 is 35.8 Å². The van der Waals surface area contributed by atoms with Crippen molar-refractivity contribution in [1.29, 1.82) is 0 Å². The summed E-state index contributed by atoms with van der Waals surface area (Å²) in [5, 5.41) is 13.0. The number of carbonyl (C=O) groups excluding carboxylic acids is 1. The number of hydrogen-bond donors (Lipinski definition) is 3. The molecular weight excluding hydrogens is 421 g/mol. The first-order chi connectivity index (χ1) is 10.8. The zero-order chi connectivity index (χ0) is 17.5. The largest absolute Gasteiger partial charge is 0.359 e.